The third-order valence-corrected chi connectivity index (χ3v) is 3.59. The Labute approximate surface area is 119 Å². The molecule has 20 heavy (non-hydrogen) atoms. The summed E-state index contributed by atoms with van der Waals surface area (Å²) in [5.74, 6) is 0.582. The van der Waals surface area contributed by atoms with Crippen molar-refractivity contribution in [2.45, 2.75) is 24.9 Å². The molecule has 9 heteroatoms. The van der Waals surface area contributed by atoms with Crippen molar-refractivity contribution >= 4 is 29.3 Å². The Morgan fingerprint density at radius 3 is 3.05 bits per heavy atom. The second kappa shape index (κ2) is 5.09. The van der Waals surface area contributed by atoms with E-state index in [2.05, 4.69) is 20.3 Å². The maximum absolute atomic E-state index is 9.83. The molecule has 0 saturated carbocycles. The zero-order valence-corrected chi connectivity index (χ0v) is 11.6. The van der Waals surface area contributed by atoms with Gasteiger partial charge < -0.3 is 24.9 Å². The smallest absolute Gasteiger partial charge is 0.394 e. The maximum atomic E-state index is 9.83. The van der Waals surface area contributed by atoms with E-state index < -0.39 is 18.4 Å². The normalized spacial score (nSPS) is 26.2. The molecular formula is C11H16N5O3S+. The summed E-state index contributed by atoms with van der Waals surface area (Å²) >= 11 is 5.04. The molecule has 8 nitrogen and oxygen atoms in total. The predicted molar refractivity (Wildman–Crippen MR) is 72.6 cm³/mol. The minimum Gasteiger partial charge on any atom is -0.394 e. The summed E-state index contributed by atoms with van der Waals surface area (Å²) in [6, 6.07) is 0. The van der Waals surface area contributed by atoms with Crippen molar-refractivity contribution in [1.29, 1.82) is 0 Å². The van der Waals surface area contributed by atoms with Crippen LogP contribution in [-0.4, -0.2) is 51.0 Å². The first kappa shape index (κ1) is 13.4. The van der Waals surface area contributed by atoms with Gasteiger partial charge in [-0.25, -0.2) is 4.57 Å². The molecule has 0 spiro atoms. The van der Waals surface area contributed by atoms with Crippen LogP contribution >= 0.6 is 12.2 Å². The number of H-pyrrole nitrogens is 2. The molecule has 3 rings (SSSR count). The van der Waals surface area contributed by atoms with Crippen LogP contribution in [0.1, 0.15) is 12.6 Å². The fourth-order valence-corrected chi connectivity index (χ4v) is 2.59. The molecule has 1 aliphatic rings. The lowest BCUT2D eigenvalue weighted by atomic mass is 10.2. The highest BCUT2D eigenvalue weighted by Gasteiger charge is 2.37. The van der Waals surface area contributed by atoms with Crippen molar-refractivity contribution in [3.63, 3.8) is 0 Å². The predicted octanol–water partition coefficient (Wildman–Crippen LogP) is -0.410. The first-order chi connectivity index (χ1) is 9.62. The summed E-state index contributed by atoms with van der Waals surface area (Å²) in [6.07, 6.45) is 0.555. The number of aliphatic hydroxyl groups is 2. The van der Waals surface area contributed by atoms with E-state index in [-0.39, 0.29) is 6.61 Å². The number of hydrogen-bond acceptors (Lipinski definition) is 6. The topological polar surface area (TPSA) is 110 Å². The van der Waals surface area contributed by atoms with Crippen molar-refractivity contribution in [2.75, 3.05) is 19.0 Å². The molecule has 0 amide bonds. The Kier molecular flexibility index (Phi) is 3.42. The summed E-state index contributed by atoms with van der Waals surface area (Å²) in [7, 11) is 1.75. The van der Waals surface area contributed by atoms with E-state index in [4.69, 9.17) is 22.1 Å². The number of nitrogens with one attached hydrogen (secondary N) is 3. The number of hydrogen-bond donors (Lipinski definition) is 5. The lowest BCUT2D eigenvalue weighted by Crippen LogP contribution is -2.42. The monoisotopic (exact) mass is 298 g/mol. The van der Waals surface area contributed by atoms with Gasteiger partial charge in [0, 0.05) is 6.42 Å². The summed E-state index contributed by atoms with van der Waals surface area (Å²) in [5.41, 5.74) is 1.40. The minimum absolute atomic E-state index is 0.213. The lowest BCUT2D eigenvalue weighted by molar-refractivity contribution is -0.748. The molecule has 1 saturated heterocycles. The van der Waals surface area contributed by atoms with Crippen molar-refractivity contribution < 1.29 is 19.5 Å². The van der Waals surface area contributed by atoms with Gasteiger partial charge in [0.2, 0.25) is 5.65 Å². The number of imidazole rings is 1. The van der Waals surface area contributed by atoms with Crippen LogP contribution in [0, 0.1) is 4.77 Å². The molecule has 0 aromatic carbocycles. The van der Waals surface area contributed by atoms with E-state index in [1.165, 1.54) is 0 Å². The highest BCUT2D eigenvalue weighted by Crippen LogP contribution is 2.25. The van der Waals surface area contributed by atoms with E-state index in [1.54, 1.807) is 11.6 Å². The lowest BCUT2D eigenvalue weighted by Gasteiger charge is -2.13. The minimum atomic E-state index is -0.692. The molecule has 0 radical (unpaired) electrons. The van der Waals surface area contributed by atoms with Crippen molar-refractivity contribution in [3.8, 4) is 0 Å². The van der Waals surface area contributed by atoms with E-state index >= 15 is 0 Å². The Hall–Kier alpha value is -1.55. The van der Waals surface area contributed by atoms with Gasteiger partial charge in [-0.05, 0) is 12.2 Å². The van der Waals surface area contributed by atoms with Crippen LogP contribution in [-0.2, 0) is 4.74 Å². The SMILES string of the molecule is CNc1nc2[nH]c(=S)[nH]c2c[n+]1C1C[C@H](O)[C@@H](CO)O1. The molecule has 2 aromatic heterocycles. The summed E-state index contributed by atoms with van der Waals surface area (Å²) in [5, 5.41) is 22.0. The largest absolute Gasteiger partial charge is 0.395 e. The average molecular weight is 298 g/mol. The van der Waals surface area contributed by atoms with E-state index in [9.17, 15) is 5.11 Å². The van der Waals surface area contributed by atoms with Crippen molar-refractivity contribution in [1.82, 2.24) is 15.0 Å². The Morgan fingerprint density at radius 1 is 1.60 bits per heavy atom. The van der Waals surface area contributed by atoms with Gasteiger partial charge in [0.25, 0.3) is 0 Å². The van der Waals surface area contributed by atoms with Gasteiger partial charge >= 0.3 is 5.95 Å². The zero-order chi connectivity index (χ0) is 14.3. The van der Waals surface area contributed by atoms with Crippen LogP contribution in [0.3, 0.4) is 0 Å². The number of rotatable bonds is 3. The molecule has 0 aliphatic carbocycles. The summed E-state index contributed by atoms with van der Waals surface area (Å²) < 4.78 is 7.91. The second-order valence-corrected chi connectivity index (χ2v) is 5.09. The first-order valence-corrected chi connectivity index (χ1v) is 6.69. The van der Waals surface area contributed by atoms with Crippen LogP contribution in [0.25, 0.3) is 11.2 Å². The number of fused-ring (bicyclic) bond motifs is 1. The number of nitrogens with zero attached hydrogens (tertiary/aromatic N) is 2. The quantitative estimate of drug-likeness (QED) is 0.389. The number of aromatic amines is 2. The van der Waals surface area contributed by atoms with E-state index in [0.717, 1.165) is 5.52 Å². The van der Waals surface area contributed by atoms with E-state index in [1.807, 2.05) is 6.20 Å². The Morgan fingerprint density at radius 2 is 2.40 bits per heavy atom. The Balaban J connectivity index is 2.04. The van der Waals surface area contributed by atoms with Crippen LogP contribution in [0.4, 0.5) is 5.95 Å². The van der Waals surface area contributed by atoms with Gasteiger partial charge in [-0.1, -0.05) is 4.98 Å². The second-order valence-electron chi connectivity index (χ2n) is 4.68. The summed E-state index contributed by atoms with van der Waals surface area (Å²) in [4.78, 5) is 10.3. The fraction of sp³-hybridized carbons (Fsp3) is 0.545. The van der Waals surface area contributed by atoms with Gasteiger partial charge in [-0.15, -0.1) is 0 Å². The molecule has 108 valence electrons. The molecule has 1 unspecified atom stereocenters. The molecule has 1 fully saturated rings. The Bertz CT molecular complexity index is 684. The van der Waals surface area contributed by atoms with Crippen LogP contribution in [0.2, 0.25) is 0 Å². The fourth-order valence-electron chi connectivity index (χ4n) is 2.39. The van der Waals surface area contributed by atoms with Gasteiger partial charge in [-0.2, -0.15) is 0 Å². The van der Waals surface area contributed by atoms with Crippen LogP contribution < -0.4 is 9.88 Å². The van der Waals surface area contributed by atoms with Crippen molar-refractivity contribution in [2.24, 2.45) is 0 Å². The first-order valence-electron chi connectivity index (χ1n) is 6.28. The molecule has 0 bridgehead atoms. The number of aliphatic hydroxyl groups excluding tert-OH is 2. The number of anilines is 1. The van der Waals surface area contributed by atoms with Crippen molar-refractivity contribution in [3.05, 3.63) is 11.0 Å². The molecule has 1 aliphatic heterocycles. The van der Waals surface area contributed by atoms with Crippen LogP contribution in [0.5, 0.6) is 0 Å². The zero-order valence-electron chi connectivity index (χ0n) is 10.8. The third-order valence-electron chi connectivity index (χ3n) is 3.38. The molecular weight excluding hydrogens is 282 g/mol. The average Bonchev–Trinajstić information content (AvgIpc) is 2.98. The molecule has 3 atom stereocenters. The van der Waals surface area contributed by atoms with Crippen LogP contribution in [0.15, 0.2) is 6.20 Å². The number of aromatic nitrogens is 4. The van der Waals surface area contributed by atoms with Gasteiger partial charge in [-0.3, -0.25) is 5.32 Å². The van der Waals surface area contributed by atoms with Gasteiger partial charge in [0.1, 0.15) is 11.6 Å². The van der Waals surface area contributed by atoms with E-state index in [0.29, 0.717) is 22.8 Å². The molecule has 2 aromatic rings. The summed E-state index contributed by atoms with van der Waals surface area (Å²) in [6.45, 7) is -0.213. The third kappa shape index (κ3) is 2.18. The highest BCUT2D eigenvalue weighted by molar-refractivity contribution is 7.71. The van der Waals surface area contributed by atoms with Gasteiger partial charge in [0.15, 0.2) is 11.0 Å². The van der Waals surface area contributed by atoms with Gasteiger partial charge in [0.05, 0.1) is 26.0 Å². The number of ether oxygens (including phenoxy) is 1. The maximum Gasteiger partial charge on any atom is 0.395 e. The molecule has 5 N–H and O–H groups in total. The standard InChI is InChI=1S/C11H15N5O3S/c1-12-10-14-9-5(13-11(20)15-9)3-16(10)8-2-6(18)7(4-17)19-8/h3,6-8,17-18H,2,4H2,1H3,(H2,12,13,14,15,20)/p+1/t6-,7+,8?/m0/s1. The highest BCUT2D eigenvalue weighted by atomic mass is 32.1. The molecule has 3 heterocycles.